The third kappa shape index (κ3) is 8.14. The number of aromatic nitrogens is 3. The van der Waals surface area contributed by atoms with Crippen LogP contribution in [-0.2, 0) is 6.42 Å². The van der Waals surface area contributed by atoms with Gasteiger partial charge in [0.2, 0.25) is 0 Å². The fraction of sp³-hybridized carbons (Fsp3) is 0.400. The maximum atomic E-state index is 9.20. The van der Waals surface area contributed by atoms with Crippen LogP contribution >= 0.6 is 0 Å². The number of rotatable bonds is 15. The van der Waals surface area contributed by atoms with E-state index in [1.165, 1.54) is 5.56 Å². The summed E-state index contributed by atoms with van der Waals surface area (Å²) in [5, 5.41) is 18.4. The van der Waals surface area contributed by atoms with Crippen molar-refractivity contribution >= 4 is 0 Å². The molecule has 42 heavy (non-hydrogen) atoms. The maximum absolute atomic E-state index is 9.20. The first-order chi connectivity index (χ1) is 20.4. The van der Waals surface area contributed by atoms with Gasteiger partial charge in [-0.2, -0.15) is 0 Å². The number of aliphatic hydroxyl groups excluding tert-OH is 2. The Morgan fingerprint density at radius 3 is 1.52 bits per heavy atom. The molecule has 0 aliphatic rings. The Labute approximate surface area is 249 Å². The van der Waals surface area contributed by atoms with E-state index in [1.54, 1.807) is 0 Å². The van der Waals surface area contributed by atoms with E-state index in [4.69, 9.17) is 24.4 Å². The molecule has 0 atom stereocenters. The molecular formula is C35H43N3O4. The molecule has 0 spiro atoms. The Morgan fingerprint density at radius 1 is 0.595 bits per heavy atom. The van der Waals surface area contributed by atoms with Crippen molar-refractivity contribution in [3.8, 4) is 45.7 Å². The molecule has 0 amide bonds. The highest BCUT2D eigenvalue weighted by molar-refractivity contribution is 5.73. The first-order valence-electron chi connectivity index (χ1n) is 15.0. The smallest absolute Gasteiger partial charge is 0.167 e. The molecule has 222 valence electrons. The summed E-state index contributed by atoms with van der Waals surface area (Å²) in [5.74, 6) is 3.05. The van der Waals surface area contributed by atoms with Gasteiger partial charge in [0.05, 0.1) is 24.3 Å². The van der Waals surface area contributed by atoms with E-state index in [9.17, 15) is 10.2 Å². The minimum Gasteiger partial charge on any atom is -0.493 e. The van der Waals surface area contributed by atoms with E-state index in [0.29, 0.717) is 55.0 Å². The molecule has 0 radical (unpaired) electrons. The fourth-order valence-electron chi connectivity index (χ4n) is 4.82. The van der Waals surface area contributed by atoms with Crippen LogP contribution < -0.4 is 9.47 Å². The number of aliphatic hydroxyl groups is 2. The van der Waals surface area contributed by atoms with Gasteiger partial charge in [0, 0.05) is 18.8 Å². The molecule has 1 aromatic heterocycles. The average molecular weight is 570 g/mol. The van der Waals surface area contributed by atoms with Crippen molar-refractivity contribution in [1.29, 1.82) is 0 Å². The monoisotopic (exact) mass is 569 g/mol. The lowest BCUT2D eigenvalue weighted by Gasteiger charge is -2.16. The molecule has 4 aromatic rings. The highest BCUT2D eigenvalue weighted by Crippen LogP contribution is 2.35. The molecule has 0 fully saturated rings. The van der Waals surface area contributed by atoms with Gasteiger partial charge in [-0.15, -0.1) is 0 Å². The van der Waals surface area contributed by atoms with Crippen molar-refractivity contribution in [2.24, 2.45) is 0 Å². The Morgan fingerprint density at radius 2 is 1.07 bits per heavy atom. The number of unbranched alkanes of at least 4 members (excludes halogenated alkanes) is 2. The van der Waals surface area contributed by atoms with Crippen LogP contribution in [0.5, 0.6) is 11.5 Å². The number of ether oxygens (including phenoxy) is 2. The van der Waals surface area contributed by atoms with Gasteiger partial charge in [0.25, 0.3) is 0 Å². The van der Waals surface area contributed by atoms with Crippen LogP contribution in [0.4, 0.5) is 0 Å². The summed E-state index contributed by atoms with van der Waals surface area (Å²) in [6.45, 7) is 9.60. The van der Waals surface area contributed by atoms with Gasteiger partial charge >= 0.3 is 0 Å². The van der Waals surface area contributed by atoms with Gasteiger partial charge in [0.1, 0.15) is 11.5 Å². The zero-order chi connectivity index (χ0) is 29.9. The lowest BCUT2D eigenvalue weighted by Crippen LogP contribution is -2.06. The Kier molecular flexibility index (Phi) is 11.4. The molecule has 0 saturated heterocycles. The zero-order valence-corrected chi connectivity index (χ0v) is 25.3. The van der Waals surface area contributed by atoms with E-state index in [2.05, 4.69) is 32.0 Å². The first kappa shape index (κ1) is 31.1. The zero-order valence-electron chi connectivity index (χ0n) is 25.3. The van der Waals surface area contributed by atoms with Crippen LogP contribution in [0.2, 0.25) is 0 Å². The molecule has 0 aliphatic carbocycles. The van der Waals surface area contributed by atoms with E-state index in [-0.39, 0.29) is 13.2 Å². The highest BCUT2D eigenvalue weighted by Gasteiger charge is 2.19. The predicted molar refractivity (Wildman–Crippen MR) is 168 cm³/mol. The van der Waals surface area contributed by atoms with Gasteiger partial charge in [-0.05, 0) is 99.4 Å². The quantitative estimate of drug-likeness (QED) is 0.148. The summed E-state index contributed by atoms with van der Waals surface area (Å²) in [4.78, 5) is 15.0. The Balaban J connectivity index is 1.86. The fourth-order valence-corrected chi connectivity index (χ4v) is 4.82. The van der Waals surface area contributed by atoms with Gasteiger partial charge in [0.15, 0.2) is 17.5 Å². The molecule has 7 nitrogen and oxygen atoms in total. The summed E-state index contributed by atoms with van der Waals surface area (Å²) >= 11 is 0. The number of benzene rings is 3. The topological polar surface area (TPSA) is 97.6 Å². The molecule has 7 heteroatoms. The number of aryl methyl sites for hydroxylation is 4. The molecule has 4 rings (SSSR count). The lowest BCUT2D eigenvalue weighted by molar-refractivity contribution is 0.253. The van der Waals surface area contributed by atoms with Gasteiger partial charge < -0.3 is 19.7 Å². The van der Waals surface area contributed by atoms with E-state index >= 15 is 0 Å². The summed E-state index contributed by atoms with van der Waals surface area (Å²) < 4.78 is 12.4. The Bertz CT molecular complexity index is 1390. The van der Waals surface area contributed by atoms with Crippen LogP contribution in [0.3, 0.4) is 0 Å². The second-order valence-corrected chi connectivity index (χ2v) is 10.8. The standard InChI is InChI=1S/C35H43N3O4/c1-5-10-27-13-16-28(26(4)23-27)33-36-34(29-14-11-24(2)21-31(29)41-19-8-6-17-39)38-35(37-33)30-15-12-25(3)22-32(30)42-20-9-7-18-40/h11-16,21-23,39-40H,5-10,17-20H2,1-4H3. The number of hydrogen-bond acceptors (Lipinski definition) is 7. The molecule has 0 unspecified atom stereocenters. The number of hydrogen-bond donors (Lipinski definition) is 2. The minimum atomic E-state index is 0.140. The molecule has 2 N–H and O–H groups in total. The molecular weight excluding hydrogens is 526 g/mol. The van der Waals surface area contributed by atoms with Gasteiger partial charge in [-0.3, -0.25) is 0 Å². The second kappa shape index (κ2) is 15.4. The first-order valence-corrected chi connectivity index (χ1v) is 15.0. The van der Waals surface area contributed by atoms with Crippen LogP contribution in [0.1, 0.15) is 61.3 Å². The van der Waals surface area contributed by atoms with Crippen LogP contribution in [-0.4, -0.2) is 51.6 Å². The largest absolute Gasteiger partial charge is 0.493 e. The summed E-state index contributed by atoms with van der Waals surface area (Å²) in [6, 6.07) is 18.5. The minimum absolute atomic E-state index is 0.140. The van der Waals surface area contributed by atoms with Crippen molar-refractivity contribution in [2.75, 3.05) is 26.4 Å². The molecule has 1 heterocycles. The third-order valence-corrected chi connectivity index (χ3v) is 7.08. The van der Waals surface area contributed by atoms with E-state index in [1.807, 2.05) is 50.2 Å². The van der Waals surface area contributed by atoms with Crippen molar-refractivity contribution in [3.05, 3.63) is 76.9 Å². The lowest BCUT2D eigenvalue weighted by atomic mass is 10.0. The Hall–Kier alpha value is -3.81. The second-order valence-electron chi connectivity index (χ2n) is 10.8. The van der Waals surface area contributed by atoms with E-state index in [0.717, 1.165) is 59.1 Å². The van der Waals surface area contributed by atoms with Crippen LogP contribution in [0, 0.1) is 20.8 Å². The van der Waals surface area contributed by atoms with Crippen molar-refractivity contribution < 1.29 is 19.7 Å². The molecule has 0 aliphatic heterocycles. The van der Waals surface area contributed by atoms with Gasteiger partial charge in [-0.1, -0.05) is 43.7 Å². The van der Waals surface area contributed by atoms with Crippen molar-refractivity contribution in [3.63, 3.8) is 0 Å². The van der Waals surface area contributed by atoms with Crippen molar-refractivity contribution in [2.45, 2.75) is 66.2 Å². The molecule has 0 saturated carbocycles. The summed E-state index contributed by atoms with van der Waals surface area (Å²) in [5.41, 5.74) is 7.07. The predicted octanol–water partition coefficient (Wildman–Crippen LogP) is 7.05. The highest BCUT2D eigenvalue weighted by atomic mass is 16.5. The van der Waals surface area contributed by atoms with Crippen LogP contribution in [0.25, 0.3) is 34.2 Å². The molecule has 3 aromatic carbocycles. The average Bonchev–Trinajstić information content (AvgIpc) is 2.98. The van der Waals surface area contributed by atoms with Gasteiger partial charge in [-0.25, -0.2) is 15.0 Å². The normalized spacial score (nSPS) is 11.1. The molecule has 0 bridgehead atoms. The van der Waals surface area contributed by atoms with Crippen LogP contribution in [0.15, 0.2) is 54.6 Å². The number of nitrogens with zero attached hydrogens (tertiary/aromatic N) is 3. The van der Waals surface area contributed by atoms with E-state index < -0.39 is 0 Å². The maximum Gasteiger partial charge on any atom is 0.167 e. The summed E-state index contributed by atoms with van der Waals surface area (Å²) in [6.07, 6.45) is 4.98. The summed E-state index contributed by atoms with van der Waals surface area (Å²) in [7, 11) is 0. The van der Waals surface area contributed by atoms with Crippen molar-refractivity contribution in [1.82, 2.24) is 15.0 Å². The SMILES string of the molecule is CCCc1ccc(-c2nc(-c3ccc(C)cc3OCCCCO)nc(-c3ccc(C)cc3OCCCCO)n2)c(C)c1. The third-order valence-electron chi connectivity index (χ3n) is 7.08.